The second-order valence-corrected chi connectivity index (χ2v) is 4.73. The van der Waals surface area contributed by atoms with Crippen LogP contribution in [-0.4, -0.2) is 12.9 Å². The van der Waals surface area contributed by atoms with Crippen molar-refractivity contribution in [2.75, 3.05) is 7.11 Å². The molecule has 0 bridgehead atoms. The Morgan fingerprint density at radius 3 is 3.00 bits per heavy atom. The number of ether oxygens (including phenoxy) is 1. The summed E-state index contributed by atoms with van der Waals surface area (Å²) in [5, 5.41) is 0. The number of hydrogen-bond acceptors (Lipinski definition) is 2. The SMILES string of the molecule is CCCC(=O)C1CCCc2ccc(OC)cc21. The van der Waals surface area contributed by atoms with Gasteiger partial charge in [-0.2, -0.15) is 0 Å². The van der Waals surface area contributed by atoms with Gasteiger partial charge < -0.3 is 4.74 Å². The van der Waals surface area contributed by atoms with Crippen molar-refractivity contribution in [2.24, 2.45) is 0 Å². The summed E-state index contributed by atoms with van der Waals surface area (Å²) in [7, 11) is 1.67. The predicted octanol–water partition coefficient (Wildman–Crippen LogP) is 3.48. The summed E-state index contributed by atoms with van der Waals surface area (Å²) in [6.45, 7) is 2.06. The molecule has 2 nitrogen and oxygen atoms in total. The highest BCUT2D eigenvalue weighted by molar-refractivity contribution is 5.86. The molecular formula is C15H20O2. The Morgan fingerprint density at radius 2 is 2.29 bits per heavy atom. The fourth-order valence-electron chi connectivity index (χ4n) is 2.66. The molecule has 0 fully saturated rings. The highest BCUT2D eigenvalue weighted by Gasteiger charge is 2.25. The Hall–Kier alpha value is -1.31. The zero-order valence-electron chi connectivity index (χ0n) is 10.7. The number of ketones is 1. The maximum atomic E-state index is 12.1. The van der Waals surface area contributed by atoms with Gasteiger partial charge in [0.15, 0.2) is 0 Å². The molecule has 0 saturated carbocycles. The average Bonchev–Trinajstić information content (AvgIpc) is 2.37. The molecule has 2 heteroatoms. The first-order valence-corrected chi connectivity index (χ1v) is 6.45. The van der Waals surface area contributed by atoms with Crippen LogP contribution in [0.15, 0.2) is 18.2 Å². The number of hydrogen-bond donors (Lipinski definition) is 0. The van der Waals surface area contributed by atoms with Gasteiger partial charge in [-0.25, -0.2) is 0 Å². The van der Waals surface area contributed by atoms with E-state index in [2.05, 4.69) is 13.0 Å². The highest BCUT2D eigenvalue weighted by Crippen LogP contribution is 2.35. The van der Waals surface area contributed by atoms with Crippen LogP contribution in [0, 0.1) is 0 Å². The smallest absolute Gasteiger partial charge is 0.140 e. The van der Waals surface area contributed by atoms with E-state index in [1.807, 2.05) is 12.1 Å². The van der Waals surface area contributed by atoms with Crippen molar-refractivity contribution in [3.8, 4) is 5.75 Å². The second kappa shape index (κ2) is 5.35. The number of carbonyl (C=O) groups excluding carboxylic acids is 1. The van der Waals surface area contributed by atoms with E-state index in [1.165, 1.54) is 11.1 Å². The van der Waals surface area contributed by atoms with Gasteiger partial charge in [-0.3, -0.25) is 4.79 Å². The predicted molar refractivity (Wildman–Crippen MR) is 68.6 cm³/mol. The third-order valence-corrected chi connectivity index (χ3v) is 3.55. The summed E-state index contributed by atoms with van der Waals surface area (Å²) in [5.41, 5.74) is 2.53. The third kappa shape index (κ3) is 2.51. The molecule has 1 aromatic carbocycles. The lowest BCUT2D eigenvalue weighted by atomic mass is 9.79. The zero-order valence-corrected chi connectivity index (χ0v) is 10.7. The van der Waals surface area contributed by atoms with Crippen LogP contribution in [0.2, 0.25) is 0 Å². The highest BCUT2D eigenvalue weighted by atomic mass is 16.5. The van der Waals surface area contributed by atoms with Crippen LogP contribution in [0.3, 0.4) is 0 Å². The summed E-state index contributed by atoms with van der Waals surface area (Å²) in [5.74, 6) is 1.36. The van der Waals surface area contributed by atoms with Crippen LogP contribution in [0.1, 0.15) is 49.7 Å². The van der Waals surface area contributed by atoms with Gasteiger partial charge in [0, 0.05) is 12.3 Å². The van der Waals surface area contributed by atoms with Gasteiger partial charge in [-0.05, 0) is 48.9 Å². The minimum Gasteiger partial charge on any atom is -0.497 e. The molecule has 2 rings (SSSR count). The number of carbonyl (C=O) groups is 1. The minimum atomic E-state index is 0.105. The summed E-state index contributed by atoms with van der Waals surface area (Å²) in [4.78, 5) is 12.1. The fourth-order valence-corrected chi connectivity index (χ4v) is 2.66. The maximum absolute atomic E-state index is 12.1. The van der Waals surface area contributed by atoms with E-state index in [0.717, 1.165) is 31.4 Å². The quantitative estimate of drug-likeness (QED) is 0.794. The van der Waals surface area contributed by atoms with Crippen molar-refractivity contribution in [2.45, 2.75) is 44.9 Å². The van der Waals surface area contributed by atoms with Crippen LogP contribution in [0.4, 0.5) is 0 Å². The van der Waals surface area contributed by atoms with E-state index in [4.69, 9.17) is 4.74 Å². The zero-order chi connectivity index (χ0) is 12.3. The first kappa shape index (κ1) is 12.2. The number of methoxy groups -OCH3 is 1. The Balaban J connectivity index is 2.31. The van der Waals surface area contributed by atoms with Gasteiger partial charge in [0.2, 0.25) is 0 Å². The monoisotopic (exact) mass is 232 g/mol. The number of aryl methyl sites for hydroxylation is 1. The Labute approximate surface area is 103 Å². The van der Waals surface area contributed by atoms with Crippen molar-refractivity contribution < 1.29 is 9.53 Å². The normalized spacial score (nSPS) is 18.6. The molecule has 0 spiro atoms. The molecule has 0 amide bonds. The molecule has 0 heterocycles. The van der Waals surface area contributed by atoms with Crippen LogP contribution in [0.5, 0.6) is 5.75 Å². The first-order valence-electron chi connectivity index (χ1n) is 6.45. The Morgan fingerprint density at radius 1 is 1.47 bits per heavy atom. The van der Waals surface area contributed by atoms with Crippen molar-refractivity contribution in [3.05, 3.63) is 29.3 Å². The van der Waals surface area contributed by atoms with E-state index in [-0.39, 0.29) is 5.92 Å². The molecule has 0 N–H and O–H groups in total. The standard InChI is InChI=1S/C15H20O2/c1-3-5-15(16)13-7-4-6-11-8-9-12(17-2)10-14(11)13/h8-10,13H,3-7H2,1-2H3. The van der Waals surface area contributed by atoms with Crippen molar-refractivity contribution in [1.82, 2.24) is 0 Å². The molecule has 17 heavy (non-hydrogen) atoms. The van der Waals surface area contributed by atoms with Gasteiger partial charge in [0.05, 0.1) is 7.11 Å². The fraction of sp³-hybridized carbons (Fsp3) is 0.533. The minimum absolute atomic E-state index is 0.105. The molecule has 0 saturated heterocycles. The molecule has 1 aliphatic rings. The largest absolute Gasteiger partial charge is 0.497 e. The molecule has 0 radical (unpaired) electrons. The lowest BCUT2D eigenvalue weighted by Gasteiger charge is -2.25. The summed E-state index contributed by atoms with van der Waals surface area (Å²) in [6, 6.07) is 6.15. The molecule has 1 aromatic rings. The molecule has 0 aromatic heterocycles. The van der Waals surface area contributed by atoms with E-state index in [0.29, 0.717) is 12.2 Å². The van der Waals surface area contributed by atoms with Gasteiger partial charge in [0.1, 0.15) is 11.5 Å². The molecule has 1 atom stereocenters. The van der Waals surface area contributed by atoms with E-state index >= 15 is 0 Å². The van der Waals surface area contributed by atoms with Gasteiger partial charge in [0.25, 0.3) is 0 Å². The molecule has 1 aliphatic carbocycles. The summed E-state index contributed by atoms with van der Waals surface area (Å²) >= 11 is 0. The lowest BCUT2D eigenvalue weighted by Crippen LogP contribution is -2.18. The Bertz CT molecular complexity index is 409. The van der Waals surface area contributed by atoms with Crippen LogP contribution >= 0.6 is 0 Å². The molecule has 0 aliphatic heterocycles. The maximum Gasteiger partial charge on any atom is 0.140 e. The number of fused-ring (bicyclic) bond motifs is 1. The van der Waals surface area contributed by atoms with Crippen LogP contribution in [-0.2, 0) is 11.2 Å². The molecular weight excluding hydrogens is 212 g/mol. The number of rotatable bonds is 4. The Kier molecular flexibility index (Phi) is 3.82. The number of Topliss-reactive ketones (excluding diaryl/α,β-unsaturated/α-hetero) is 1. The van der Waals surface area contributed by atoms with Crippen molar-refractivity contribution >= 4 is 5.78 Å². The topological polar surface area (TPSA) is 26.3 Å². The van der Waals surface area contributed by atoms with E-state index in [9.17, 15) is 4.79 Å². The third-order valence-electron chi connectivity index (χ3n) is 3.55. The van der Waals surface area contributed by atoms with Crippen molar-refractivity contribution in [3.63, 3.8) is 0 Å². The molecule has 92 valence electrons. The second-order valence-electron chi connectivity index (χ2n) is 4.73. The van der Waals surface area contributed by atoms with E-state index in [1.54, 1.807) is 7.11 Å². The lowest BCUT2D eigenvalue weighted by molar-refractivity contribution is -0.120. The van der Waals surface area contributed by atoms with Gasteiger partial charge in [-0.15, -0.1) is 0 Å². The van der Waals surface area contributed by atoms with Crippen LogP contribution < -0.4 is 4.74 Å². The molecule has 1 unspecified atom stereocenters. The first-order chi connectivity index (χ1) is 8.26. The average molecular weight is 232 g/mol. The van der Waals surface area contributed by atoms with Crippen LogP contribution in [0.25, 0.3) is 0 Å². The number of benzene rings is 1. The van der Waals surface area contributed by atoms with Gasteiger partial charge >= 0.3 is 0 Å². The van der Waals surface area contributed by atoms with Gasteiger partial charge in [-0.1, -0.05) is 13.0 Å². The summed E-state index contributed by atoms with van der Waals surface area (Å²) in [6.07, 6.45) is 4.85. The van der Waals surface area contributed by atoms with Crippen molar-refractivity contribution in [1.29, 1.82) is 0 Å². The summed E-state index contributed by atoms with van der Waals surface area (Å²) < 4.78 is 5.26. The van der Waals surface area contributed by atoms with E-state index < -0.39 is 0 Å².